The first kappa shape index (κ1) is 10.8. The van der Waals surface area contributed by atoms with Crippen LogP contribution in [0, 0.1) is 13.8 Å². The van der Waals surface area contributed by atoms with Gasteiger partial charge in [0.1, 0.15) is 0 Å². The summed E-state index contributed by atoms with van der Waals surface area (Å²) in [5, 5.41) is 5.05. The predicted octanol–water partition coefficient (Wildman–Crippen LogP) is 3.21. The van der Waals surface area contributed by atoms with E-state index in [9.17, 15) is 0 Å². The molecule has 2 heterocycles. The fraction of sp³-hybridized carbons (Fsp3) is 0.467. The van der Waals surface area contributed by atoms with Crippen LogP contribution in [0.4, 0.5) is 0 Å². The maximum absolute atomic E-state index is 3.64. The average Bonchev–Trinajstić information content (AvgIpc) is 2.61. The molecule has 2 nitrogen and oxygen atoms in total. The van der Waals surface area contributed by atoms with E-state index in [4.69, 9.17) is 0 Å². The second-order valence-corrected chi connectivity index (χ2v) is 5.95. The van der Waals surface area contributed by atoms with E-state index in [0.29, 0.717) is 0 Å². The van der Waals surface area contributed by atoms with E-state index in [0.717, 1.165) is 13.0 Å². The summed E-state index contributed by atoms with van der Waals surface area (Å²) in [7, 11) is 0. The number of aromatic nitrogens is 1. The molecule has 0 amide bonds. The molecule has 1 aromatic heterocycles. The number of hydrogen-bond donors (Lipinski definition) is 2. The normalized spacial score (nSPS) is 18.4. The maximum atomic E-state index is 3.64. The van der Waals surface area contributed by atoms with Crippen LogP contribution in [0.2, 0.25) is 0 Å². The van der Waals surface area contributed by atoms with Crippen molar-refractivity contribution in [2.45, 2.75) is 46.2 Å². The van der Waals surface area contributed by atoms with Gasteiger partial charge in [0.2, 0.25) is 0 Å². The maximum Gasteiger partial charge on any atom is 0.0491 e. The van der Waals surface area contributed by atoms with Gasteiger partial charge in [0.25, 0.3) is 0 Å². The highest BCUT2D eigenvalue weighted by atomic mass is 15.0. The third kappa shape index (κ3) is 1.59. The Morgan fingerprint density at radius 2 is 1.82 bits per heavy atom. The third-order valence-corrected chi connectivity index (χ3v) is 3.93. The number of fused-ring (bicyclic) bond motifs is 3. The first-order valence-corrected chi connectivity index (χ1v) is 6.32. The fourth-order valence-electron chi connectivity index (χ4n) is 2.92. The van der Waals surface area contributed by atoms with Crippen molar-refractivity contribution >= 4 is 10.9 Å². The van der Waals surface area contributed by atoms with Gasteiger partial charge >= 0.3 is 0 Å². The molecular formula is C15H20N2. The Kier molecular flexibility index (Phi) is 2.14. The van der Waals surface area contributed by atoms with E-state index >= 15 is 0 Å². The lowest BCUT2D eigenvalue weighted by Crippen LogP contribution is -2.44. The Balaban J connectivity index is 2.29. The van der Waals surface area contributed by atoms with Crippen LogP contribution in [0.1, 0.15) is 36.2 Å². The first-order chi connectivity index (χ1) is 7.98. The van der Waals surface area contributed by atoms with Gasteiger partial charge < -0.3 is 10.3 Å². The van der Waals surface area contributed by atoms with E-state index in [-0.39, 0.29) is 5.54 Å². The zero-order chi connectivity index (χ0) is 12.2. The Morgan fingerprint density at radius 1 is 1.12 bits per heavy atom. The van der Waals surface area contributed by atoms with Crippen molar-refractivity contribution in [3.8, 4) is 0 Å². The van der Waals surface area contributed by atoms with Crippen LogP contribution in [0.15, 0.2) is 12.1 Å². The highest BCUT2D eigenvalue weighted by Gasteiger charge is 2.27. The molecule has 17 heavy (non-hydrogen) atoms. The summed E-state index contributed by atoms with van der Waals surface area (Å²) >= 11 is 0. The van der Waals surface area contributed by atoms with E-state index < -0.39 is 0 Å². The standard InChI is InChI=1S/C15H20N2/c1-9-5-6-10(2)14-13(9)11-8-16-15(3,4)7-12(11)17-14/h5-6,16-17H,7-8H2,1-4H3. The number of aryl methyl sites for hydroxylation is 2. The molecule has 90 valence electrons. The molecule has 3 rings (SSSR count). The summed E-state index contributed by atoms with van der Waals surface area (Å²) in [6.07, 6.45) is 1.08. The van der Waals surface area contributed by atoms with Crippen LogP contribution in [0.25, 0.3) is 10.9 Å². The molecule has 0 aliphatic carbocycles. The summed E-state index contributed by atoms with van der Waals surface area (Å²) in [6, 6.07) is 4.43. The highest BCUT2D eigenvalue weighted by Crippen LogP contribution is 2.32. The largest absolute Gasteiger partial charge is 0.358 e. The quantitative estimate of drug-likeness (QED) is 0.712. The van der Waals surface area contributed by atoms with E-state index in [2.05, 4.69) is 50.1 Å². The molecule has 2 N–H and O–H groups in total. The Labute approximate surface area is 102 Å². The lowest BCUT2D eigenvalue weighted by molar-refractivity contribution is 0.360. The van der Waals surface area contributed by atoms with Crippen LogP contribution < -0.4 is 5.32 Å². The monoisotopic (exact) mass is 228 g/mol. The van der Waals surface area contributed by atoms with Gasteiger partial charge in [0, 0.05) is 35.1 Å². The topological polar surface area (TPSA) is 27.8 Å². The SMILES string of the molecule is Cc1ccc(C)c2c3c([nH]c12)CC(C)(C)NC3. The number of nitrogens with one attached hydrogen (secondary N) is 2. The number of hydrogen-bond acceptors (Lipinski definition) is 1. The van der Waals surface area contributed by atoms with Gasteiger partial charge in [-0.25, -0.2) is 0 Å². The van der Waals surface area contributed by atoms with Crippen molar-refractivity contribution in [3.63, 3.8) is 0 Å². The minimum Gasteiger partial charge on any atom is -0.358 e. The Morgan fingerprint density at radius 3 is 2.59 bits per heavy atom. The molecule has 1 aliphatic heterocycles. The molecule has 0 saturated heterocycles. The second-order valence-electron chi connectivity index (χ2n) is 5.95. The zero-order valence-corrected chi connectivity index (χ0v) is 11.1. The van der Waals surface area contributed by atoms with Crippen LogP contribution in [-0.4, -0.2) is 10.5 Å². The van der Waals surface area contributed by atoms with Gasteiger partial charge in [-0.1, -0.05) is 12.1 Å². The van der Waals surface area contributed by atoms with Gasteiger partial charge in [-0.05, 0) is 44.4 Å². The molecule has 1 aliphatic rings. The van der Waals surface area contributed by atoms with Crippen molar-refractivity contribution < 1.29 is 0 Å². The van der Waals surface area contributed by atoms with Crippen LogP contribution in [0.3, 0.4) is 0 Å². The molecule has 0 spiro atoms. The van der Waals surface area contributed by atoms with Crippen molar-refractivity contribution in [1.29, 1.82) is 0 Å². The van der Waals surface area contributed by atoms with Crippen molar-refractivity contribution in [2.75, 3.05) is 0 Å². The molecule has 0 bridgehead atoms. The molecule has 0 saturated carbocycles. The Bertz CT molecular complexity index is 590. The van der Waals surface area contributed by atoms with Gasteiger partial charge in [-0.3, -0.25) is 0 Å². The summed E-state index contributed by atoms with van der Waals surface area (Å²) in [5.41, 5.74) is 7.15. The van der Waals surface area contributed by atoms with E-state index in [1.165, 1.54) is 33.3 Å². The van der Waals surface area contributed by atoms with Crippen molar-refractivity contribution in [1.82, 2.24) is 10.3 Å². The minimum atomic E-state index is 0.204. The summed E-state index contributed by atoms with van der Waals surface area (Å²) < 4.78 is 0. The highest BCUT2D eigenvalue weighted by molar-refractivity contribution is 5.90. The summed E-state index contributed by atoms with van der Waals surface area (Å²) in [4.78, 5) is 3.64. The Hall–Kier alpha value is -1.28. The van der Waals surface area contributed by atoms with E-state index in [1.54, 1.807) is 0 Å². The van der Waals surface area contributed by atoms with Crippen LogP contribution in [0.5, 0.6) is 0 Å². The van der Waals surface area contributed by atoms with Gasteiger partial charge in [0.15, 0.2) is 0 Å². The van der Waals surface area contributed by atoms with Gasteiger partial charge in [0.05, 0.1) is 0 Å². The molecule has 1 aromatic carbocycles. The average molecular weight is 228 g/mol. The second kappa shape index (κ2) is 3.36. The molecular weight excluding hydrogens is 208 g/mol. The van der Waals surface area contributed by atoms with Gasteiger partial charge in [-0.2, -0.15) is 0 Å². The molecule has 2 aromatic rings. The van der Waals surface area contributed by atoms with Crippen LogP contribution >= 0.6 is 0 Å². The first-order valence-electron chi connectivity index (χ1n) is 6.32. The lowest BCUT2D eigenvalue weighted by atomic mass is 9.90. The molecule has 0 radical (unpaired) electrons. The number of rotatable bonds is 0. The summed E-state index contributed by atoms with van der Waals surface area (Å²) in [5.74, 6) is 0. The predicted molar refractivity (Wildman–Crippen MR) is 72.4 cm³/mol. The number of aromatic amines is 1. The molecule has 0 atom stereocenters. The van der Waals surface area contributed by atoms with E-state index in [1.807, 2.05) is 0 Å². The van der Waals surface area contributed by atoms with Crippen LogP contribution in [-0.2, 0) is 13.0 Å². The minimum absolute atomic E-state index is 0.204. The van der Waals surface area contributed by atoms with Crippen molar-refractivity contribution in [2.24, 2.45) is 0 Å². The molecule has 2 heteroatoms. The molecule has 0 fully saturated rings. The van der Waals surface area contributed by atoms with Gasteiger partial charge in [-0.15, -0.1) is 0 Å². The fourth-order valence-corrected chi connectivity index (χ4v) is 2.92. The molecule has 0 unspecified atom stereocenters. The zero-order valence-electron chi connectivity index (χ0n) is 11.1. The number of H-pyrrole nitrogens is 1. The smallest absolute Gasteiger partial charge is 0.0491 e. The third-order valence-electron chi connectivity index (χ3n) is 3.93. The lowest BCUT2D eigenvalue weighted by Gasteiger charge is -2.31. The number of benzene rings is 1. The summed E-state index contributed by atoms with van der Waals surface area (Å²) in [6.45, 7) is 9.90. The van der Waals surface area contributed by atoms with Crippen molar-refractivity contribution in [3.05, 3.63) is 34.5 Å².